The minimum Gasteiger partial charge on any atom is -0.494 e. The van der Waals surface area contributed by atoms with Gasteiger partial charge in [-0.05, 0) is 59.3 Å². The van der Waals surface area contributed by atoms with Gasteiger partial charge in [0.1, 0.15) is 5.75 Å². The first-order chi connectivity index (χ1) is 13.6. The van der Waals surface area contributed by atoms with E-state index in [0.29, 0.717) is 17.9 Å². The highest BCUT2D eigenvalue weighted by atomic mass is 79.9. The van der Waals surface area contributed by atoms with E-state index in [9.17, 15) is 9.59 Å². The van der Waals surface area contributed by atoms with Gasteiger partial charge in [0.2, 0.25) is 0 Å². The quantitative estimate of drug-likeness (QED) is 0.607. The topological polar surface area (TPSA) is 86.1 Å². The molecule has 28 heavy (non-hydrogen) atoms. The van der Waals surface area contributed by atoms with Crippen LogP contribution >= 0.6 is 15.9 Å². The van der Waals surface area contributed by atoms with E-state index in [4.69, 9.17) is 4.74 Å². The van der Waals surface area contributed by atoms with Crippen molar-refractivity contribution in [2.45, 2.75) is 13.5 Å². The first-order valence-corrected chi connectivity index (χ1v) is 9.56. The number of aromatic nitrogens is 3. The number of benzene rings is 1. The van der Waals surface area contributed by atoms with E-state index < -0.39 is 0 Å². The van der Waals surface area contributed by atoms with Crippen molar-refractivity contribution in [3.63, 3.8) is 0 Å². The summed E-state index contributed by atoms with van der Waals surface area (Å²) in [6.07, 6.45) is 3.09. The molecule has 0 atom stereocenters. The molecule has 0 unspecified atom stereocenters. The molecule has 2 heterocycles. The van der Waals surface area contributed by atoms with Gasteiger partial charge in [-0.2, -0.15) is 5.10 Å². The number of pyridine rings is 1. The zero-order valence-corrected chi connectivity index (χ0v) is 16.8. The smallest absolute Gasteiger partial charge is 0.266 e. The fourth-order valence-electron chi connectivity index (χ4n) is 2.57. The number of hydrogen-bond donors (Lipinski definition) is 1. The molecule has 0 saturated heterocycles. The molecule has 1 aromatic carbocycles. The van der Waals surface area contributed by atoms with Crippen molar-refractivity contribution in [2.75, 3.05) is 13.2 Å². The van der Waals surface area contributed by atoms with Crippen LogP contribution in [0.15, 0.2) is 64.1 Å². The lowest BCUT2D eigenvalue weighted by atomic mass is 10.1. The van der Waals surface area contributed by atoms with E-state index in [2.05, 4.69) is 31.3 Å². The molecule has 3 aromatic rings. The van der Waals surface area contributed by atoms with E-state index >= 15 is 0 Å². The minimum absolute atomic E-state index is 0.229. The summed E-state index contributed by atoms with van der Waals surface area (Å²) < 4.78 is 7.50. The Kier molecular flexibility index (Phi) is 6.54. The van der Waals surface area contributed by atoms with E-state index in [1.807, 2.05) is 31.2 Å². The molecule has 0 spiro atoms. The summed E-state index contributed by atoms with van der Waals surface area (Å²) in [6.45, 7) is 3.06. The molecule has 1 amide bonds. The van der Waals surface area contributed by atoms with E-state index in [-0.39, 0.29) is 24.6 Å². The van der Waals surface area contributed by atoms with Gasteiger partial charge >= 0.3 is 0 Å². The fourth-order valence-corrected chi connectivity index (χ4v) is 2.93. The Labute approximate surface area is 170 Å². The molecule has 0 fully saturated rings. The molecule has 1 N–H and O–H groups in total. The van der Waals surface area contributed by atoms with Crippen molar-refractivity contribution in [2.24, 2.45) is 0 Å². The predicted molar refractivity (Wildman–Crippen MR) is 109 cm³/mol. The molecule has 8 heteroatoms. The molecular formula is C20H19BrN4O3. The van der Waals surface area contributed by atoms with Crippen molar-refractivity contribution in [1.82, 2.24) is 20.1 Å². The third kappa shape index (κ3) is 5.04. The van der Waals surface area contributed by atoms with Crippen LogP contribution in [0.3, 0.4) is 0 Å². The molecule has 0 bridgehead atoms. The number of rotatable bonds is 7. The molecule has 0 radical (unpaired) electrons. The van der Waals surface area contributed by atoms with Crippen LogP contribution in [0, 0.1) is 0 Å². The number of nitrogens with zero attached hydrogens (tertiary/aromatic N) is 3. The number of halogens is 1. The molecule has 0 saturated carbocycles. The second-order valence-electron chi connectivity index (χ2n) is 5.89. The Morgan fingerprint density at radius 1 is 1.18 bits per heavy atom. The van der Waals surface area contributed by atoms with Crippen molar-refractivity contribution >= 4 is 21.8 Å². The van der Waals surface area contributed by atoms with Crippen LogP contribution < -0.4 is 15.6 Å². The predicted octanol–water partition coefficient (Wildman–Crippen LogP) is 2.90. The molecule has 0 aliphatic heterocycles. The van der Waals surface area contributed by atoms with Crippen LogP contribution in [0.5, 0.6) is 5.75 Å². The number of carbonyl (C=O) groups is 1. The summed E-state index contributed by atoms with van der Waals surface area (Å²) in [5.41, 5.74) is 1.76. The van der Waals surface area contributed by atoms with E-state index in [1.165, 1.54) is 16.9 Å². The van der Waals surface area contributed by atoms with Gasteiger partial charge in [0.25, 0.3) is 11.5 Å². The molecular weight excluding hydrogens is 424 g/mol. The molecule has 3 rings (SSSR count). The maximum atomic E-state index is 12.2. The number of hydrogen-bond acceptors (Lipinski definition) is 5. The summed E-state index contributed by atoms with van der Waals surface area (Å²) in [5, 5.41) is 7.16. The zero-order chi connectivity index (χ0) is 19.9. The van der Waals surface area contributed by atoms with Gasteiger partial charge in [-0.1, -0.05) is 0 Å². The second kappa shape index (κ2) is 9.27. The highest BCUT2D eigenvalue weighted by Crippen LogP contribution is 2.19. The summed E-state index contributed by atoms with van der Waals surface area (Å²) >= 11 is 3.28. The van der Waals surface area contributed by atoms with Crippen LogP contribution in [-0.4, -0.2) is 33.8 Å². The summed E-state index contributed by atoms with van der Waals surface area (Å²) in [6, 6.07) is 12.3. The SMILES string of the molecule is CCOc1ccc(-c2ccc(=O)n(CCNC(=O)c3cncc(Br)c3)n2)cc1. The first kappa shape index (κ1) is 19.8. The largest absolute Gasteiger partial charge is 0.494 e. The summed E-state index contributed by atoms with van der Waals surface area (Å²) in [5.74, 6) is 0.522. The maximum absolute atomic E-state index is 12.2. The highest BCUT2D eigenvalue weighted by Gasteiger charge is 2.08. The normalized spacial score (nSPS) is 10.5. The lowest BCUT2D eigenvalue weighted by molar-refractivity contribution is 0.0951. The Hall–Kier alpha value is -3.00. The molecule has 2 aromatic heterocycles. The molecule has 0 aliphatic carbocycles. The van der Waals surface area contributed by atoms with Crippen LogP contribution in [0.4, 0.5) is 0 Å². The Morgan fingerprint density at radius 2 is 1.96 bits per heavy atom. The fraction of sp³-hybridized carbons (Fsp3) is 0.200. The number of ether oxygens (including phenoxy) is 1. The standard InChI is InChI=1S/C20H19BrN4O3/c1-2-28-17-5-3-14(4-6-17)18-7-8-19(26)25(24-18)10-9-23-20(27)15-11-16(21)13-22-12-15/h3-8,11-13H,2,9-10H2,1H3,(H,23,27). The van der Waals surface area contributed by atoms with Crippen LogP contribution in [0.2, 0.25) is 0 Å². The summed E-state index contributed by atoms with van der Waals surface area (Å²) in [4.78, 5) is 28.2. The van der Waals surface area contributed by atoms with Crippen molar-refractivity contribution in [3.8, 4) is 17.0 Å². The molecule has 7 nitrogen and oxygen atoms in total. The average Bonchev–Trinajstić information content (AvgIpc) is 2.70. The Balaban J connectivity index is 1.66. The van der Waals surface area contributed by atoms with Crippen molar-refractivity contribution < 1.29 is 9.53 Å². The lowest BCUT2D eigenvalue weighted by Gasteiger charge is -2.09. The van der Waals surface area contributed by atoms with Gasteiger partial charge in [-0.3, -0.25) is 14.6 Å². The van der Waals surface area contributed by atoms with Crippen LogP contribution in [0.1, 0.15) is 17.3 Å². The molecule has 144 valence electrons. The summed E-state index contributed by atoms with van der Waals surface area (Å²) in [7, 11) is 0. The minimum atomic E-state index is -0.260. The highest BCUT2D eigenvalue weighted by molar-refractivity contribution is 9.10. The van der Waals surface area contributed by atoms with Gasteiger partial charge < -0.3 is 10.1 Å². The Bertz CT molecular complexity index is 1020. The zero-order valence-electron chi connectivity index (χ0n) is 15.3. The van der Waals surface area contributed by atoms with E-state index in [1.54, 1.807) is 18.3 Å². The number of carbonyl (C=O) groups excluding carboxylic acids is 1. The van der Waals surface area contributed by atoms with E-state index in [0.717, 1.165) is 15.8 Å². The van der Waals surface area contributed by atoms with Crippen LogP contribution in [0.25, 0.3) is 11.3 Å². The maximum Gasteiger partial charge on any atom is 0.266 e. The molecule has 0 aliphatic rings. The van der Waals surface area contributed by atoms with Gasteiger partial charge in [0.05, 0.1) is 24.4 Å². The van der Waals surface area contributed by atoms with Gasteiger partial charge in [0, 0.05) is 35.0 Å². The number of amides is 1. The van der Waals surface area contributed by atoms with Gasteiger partial charge in [-0.25, -0.2) is 4.68 Å². The van der Waals surface area contributed by atoms with Crippen molar-refractivity contribution in [1.29, 1.82) is 0 Å². The average molecular weight is 443 g/mol. The van der Waals surface area contributed by atoms with Crippen LogP contribution in [-0.2, 0) is 6.54 Å². The third-order valence-electron chi connectivity index (χ3n) is 3.90. The van der Waals surface area contributed by atoms with Gasteiger partial charge in [0.15, 0.2) is 0 Å². The lowest BCUT2D eigenvalue weighted by Crippen LogP contribution is -2.32. The third-order valence-corrected chi connectivity index (χ3v) is 4.34. The monoisotopic (exact) mass is 442 g/mol. The Morgan fingerprint density at radius 3 is 2.68 bits per heavy atom. The number of nitrogens with one attached hydrogen (secondary N) is 1. The van der Waals surface area contributed by atoms with Crippen molar-refractivity contribution in [3.05, 3.63) is 75.2 Å². The first-order valence-electron chi connectivity index (χ1n) is 8.77. The second-order valence-corrected chi connectivity index (χ2v) is 6.80. The van der Waals surface area contributed by atoms with Gasteiger partial charge in [-0.15, -0.1) is 0 Å².